The molecule has 6 nitrogen and oxygen atoms in total. The summed E-state index contributed by atoms with van der Waals surface area (Å²) in [4.78, 5) is 41.0. The average Bonchev–Trinajstić information content (AvgIpc) is 2.73. The Balaban J connectivity index is 2.13. The van der Waals surface area contributed by atoms with Gasteiger partial charge in [-0.05, 0) is 44.7 Å². The molecule has 3 atom stereocenters. The molecule has 29 heavy (non-hydrogen) atoms. The second-order valence-electron chi connectivity index (χ2n) is 8.37. The van der Waals surface area contributed by atoms with Crippen molar-refractivity contribution in [2.24, 2.45) is 0 Å². The summed E-state index contributed by atoms with van der Waals surface area (Å²) >= 11 is 0. The van der Waals surface area contributed by atoms with E-state index in [0.29, 0.717) is 5.56 Å². The highest BCUT2D eigenvalue weighted by atomic mass is 16.5. The maximum Gasteiger partial charge on any atom is 0.328 e. The Bertz CT molecular complexity index is 785. The quantitative estimate of drug-likeness (QED) is 0.769. The molecule has 1 N–H and O–H groups in total. The maximum absolute atomic E-state index is 13.6. The summed E-state index contributed by atoms with van der Waals surface area (Å²) in [6.45, 7) is 5.77. The smallest absolute Gasteiger partial charge is 0.328 e. The molecule has 2 aliphatic rings. The summed E-state index contributed by atoms with van der Waals surface area (Å²) in [6, 6.07) is 6.72. The van der Waals surface area contributed by atoms with Gasteiger partial charge < -0.3 is 15.0 Å². The van der Waals surface area contributed by atoms with Crippen molar-refractivity contribution < 1.29 is 19.1 Å². The van der Waals surface area contributed by atoms with E-state index in [1.807, 2.05) is 29.2 Å². The van der Waals surface area contributed by atoms with Gasteiger partial charge in [-0.2, -0.15) is 0 Å². The second-order valence-corrected chi connectivity index (χ2v) is 8.37. The van der Waals surface area contributed by atoms with Crippen LogP contribution in [0, 0.1) is 0 Å². The molecule has 3 rings (SSSR count). The molecule has 0 aromatic heterocycles. The fraction of sp³-hybridized carbons (Fsp3) is 0.609. The van der Waals surface area contributed by atoms with E-state index in [-0.39, 0.29) is 17.9 Å². The van der Waals surface area contributed by atoms with E-state index in [1.165, 1.54) is 7.11 Å². The Morgan fingerprint density at radius 2 is 1.86 bits per heavy atom. The van der Waals surface area contributed by atoms with Gasteiger partial charge in [0.25, 0.3) is 5.91 Å². The highest BCUT2D eigenvalue weighted by molar-refractivity contribution is 6.02. The predicted octanol–water partition coefficient (Wildman–Crippen LogP) is 3.41. The summed E-state index contributed by atoms with van der Waals surface area (Å²) in [5.74, 6) is -1.17. The minimum atomic E-state index is -0.741. The van der Waals surface area contributed by atoms with E-state index in [4.69, 9.17) is 4.74 Å². The fourth-order valence-electron chi connectivity index (χ4n) is 5.14. The molecule has 1 aliphatic heterocycles. The monoisotopic (exact) mass is 400 g/mol. The second kappa shape index (κ2) is 8.56. The molecule has 1 saturated carbocycles. The Labute approximate surface area is 173 Å². The molecule has 2 amide bonds. The van der Waals surface area contributed by atoms with E-state index in [0.717, 1.165) is 44.1 Å². The number of nitrogens with zero attached hydrogens (tertiary/aromatic N) is 1. The Kier molecular flexibility index (Phi) is 6.30. The largest absolute Gasteiger partial charge is 0.467 e. The number of fused-ring (bicyclic) bond motifs is 1. The first-order chi connectivity index (χ1) is 13.9. The third kappa shape index (κ3) is 3.65. The number of hydrogen-bond donors (Lipinski definition) is 1. The predicted molar refractivity (Wildman–Crippen MR) is 111 cm³/mol. The van der Waals surface area contributed by atoms with Crippen molar-refractivity contribution in [1.82, 2.24) is 10.2 Å². The molecule has 158 valence electrons. The standard InChI is InChI=1S/C23H32N2O4/c1-5-15(2)25-21(27)18-12-8-7-11-17(18)19(23(25)13-9-6-10-14-23)20(26)24-16(3)22(28)29-4/h7-8,11-12,15-16,19H,5-6,9-10,13-14H2,1-4H3,(H,24,26)/t15-,16+,19-/m0/s1. The summed E-state index contributed by atoms with van der Waals surface area (Å²) in [5, 5.41) is 2.85. The highest BCUT2D eigenvalue weighted by Crippen LogP contribution is 2.50. The van der Waals surface area contributed by atoms with Gasteiger partial charge in [0.2, 0.25) is 5.91 Å². The number of hydrogen-bond acceptors (Lipinski definition) is 4. The molecule has 1 heterocycles. The minimum absolute atomic E-state index is 0.0157. The number of esters is 1. The van der Waals surface area contributed by atoms with E-state index >= 15 is 0 Å². The SMILES string of the molecule is CC[C@H](C)N1C(=O)c2ccccc2[C@@H](C(=O)N[C@H](C)C(=O)OC)C12CCCCC2. The number of ether oxygens (including phenoxy) is 1. The van der Waals surface area contributed by atoms with Crippen LogP contribution in [0.15, 0.2) is 24.3 Å². The Morgan fingerprint density at radius 1 is 1.21 bits per heavy atom. The van der Waals surface area contributed by atoms with Crippen LogP contribution in [0.5, 0.6) is 0 Å². The molecule has 0 unspecified atom stereocenters. The molecule has 1 aliphatic carbocycles. The summed E-state index contributed by atoms with van der Waals surface area (Å²) in [7, 11) is 1.31. The zero-order valence-electron chi connectivity index (χ0n) is 17.9. The van der Waals surface area contributed by atoms with Gasteiger partial charge in [0, 0.05) is 11.6 Å². The van der Waals surface area contributed by atoms with Gasteiger partial charge >= 0.3 is 5.97 Å². The molecule has 1 spiro atoms. The lowest BCUT2D eigenvalue weighted by Gasteiger charge is -2.55. The van der Waals surface area contributed by atoms with Crippen LogP contribution in [0.25, 0.3) is 0 Å². The summed E-state index contributed by atoms with van der Waals surface area (Å²) in [5.41, 5.74) is 0.808. The van der Waals surface area contributed by atoms with Gasteiger partial charge in [-0.25, -0.2) is 4.79 Å². The maximum atomic E-state index is 13.6. The van der Waals surface area contributed by atoms with Crippen molar-refractivity contribution in [2.75, 3.05) is 7.11 Å². The number of nitrogens with one attached hydrogen (secondary N) is 1. The van der Waals surface area contributed by atoms with Gasteiger partial charge in [0.05, 0.1) is 18.6 Å². The topological polar surface area (TPSA) is 75.7 Å². The van der Waals surface area contributed by atoms with Crippen LogP contribution in [-0.2, 0) is 14.3 Å². The van der Waals surface area contributed by atoms with Crippen LogP contribution in [-0.4, -0.2) is 47.4 Å². The van der Waals surface area contributed by atoms with Crippen molar-refractivity contribution in [3.8, 4) is 0 Å². The number of rotatable bonds is 5. The van der Waals surface area contributed by atoms with Crippen molar-refractivity contribution in [3.05, 3.63) is 35.4 Å². The molecule has 6 heteroatoms. The first-order valence-electron chi connectivity index (χ1n) is 10.7. The van der Waals surface area contributed by atoms with Crippen molar-refractivity contribution in [3.63, 3.8) is 0 Å². The zero-order valence-corrected chi connectivity index (χ0v) is 17.9. The highest BCUT2D eigenvalue weighted by Gasteiger charge is 2.55. The van der Waals surface area contributed by atoms with E-state index in [9.17, 15) is 14.4 Å². The van der Waals surface area contributed by atoms with Gasteiger partial charge in [-0.3, -0.25) is 9.59 Å². The number of amides is 2. The average molecular weight is 401 g/mol. The van der Waals surface area contributed by atoms with Crippen LogP contribution in [0.3, 0.4) is 0 Å². The molecular formula is C23H32N2O4. The van der Waals surface area contributed by atoms with E-state index < -0.39 is 23.5 Å². The van der Waals surface area contributed by atoms with E-state index in [1.54, 1.807) is 6.92 Å². The summed E-state index contributed by atoms with van der Waals surface area (Å²) in [6.07, 6.45) is 5.49. The van der Waals surface area contributed by atoms with Crippen LogP contribution in [0.4, 0.5) is 0 Å². The van der Waals surface area contributed by atoms with Crippen LogP contribution in [0.2, 0.25) is 0 Å². The first kappa shape index (κ1) is 21.3. The Morgan fingerprint density at radius 3 is 2.48 bits per heavy atom. The van der Waals surface area contributed by atoms with Gasteiger partial charge in [0.15, 0.2) is 0 Å². The lowest BCUT2D eigenvalue weighted by molar-refractivity contribution is -0.145. The first-order valence-corrected chi connectivity index (χ1v) is 10.7. The number of benzene rings is 1. The Hall–Kier alpha value is -2.37. The lowest BCUT2D eigenvalue weighted by atomic mass is 9.64. The lowest BCUT2D eigenvalue weighted by Crippen LogP contribution is -2.65. The molecule has 0 saturated heterocycles. The van der Waals surface area contributed by atoms with Crippen LogP contribution in [0.1, 0.15) is 81.1 Å². The van der Waals surface area contributed by atoms with Crippen LogP contribution < -0.4 is 5.32 Å². The molecular weight excluding hydrogens is 368 g/mol. The number of methoxy groups -OCH3 is 1. The van der Waals surface area contributed by atoms with Gasteiger partial charge in [0.1, 0.15) is 6.04 Å². The summed E-state index contributed by atoms with van der Waals surface area (Å²) < 4.78 is 4.78. The molecule has 1 fully saturated rings. The number of carbonyl (C=O) groups is 3. The fourth-order valence-corrected chi connectivity index (χ4v) is 5.14. The van der Waals surface area contributed by atoms with Gasteiger partial charge in [-0.15, -0.1) is 0 Å². The molecule has 1 aromatic rings. The van der Waals surface area contributed by atoms with Crippen molar-refractivity contribution in [2.45, 2.75) is 82.8 Å². The molecule has 0 bridgehead atoms. The van der Waals surface area contributed by atoms with Gasteiger partial charge in [-0.1, -0.05) is 44.4 Å². The molecule has 1 aromatic carbocycles. The van der Waals surface area contributed by atoms with Crippen LogP contribution >= 0.6 is 0 Å². The third-order valence-corrected chi connectivity index (χ3v) is 6.66. The van der Waals surface area contributed by atoms with Crippen molar-refractivity contribution in [1.29, 1.82) is 0 Å². The minimum Gasteiger partial charge on any atom is -0.467 e. The third-order valence-electron chi connectivity index (χ3n) is 6.66. The zero-order chi connectivity index (χ0) is 21.2. The van der Waals surface area contributed by atoms with E-state index in [2.05, 4.69) is 19.2 Å². The molecule has 0 radical (unpaired) electrons. The van der Waals surface area contributed by atoms with Crippen molar-refractivity contribution >= 4 is 17.8 Å². The number of carbonyl (C=O) groups excluding carboxylic acids is 3. The normalized spacial score (nSPS) is 22.6.